The summed E-state index contributed by atoms with van der Waals surface area (Å²) in [6.07, 6.45) is -4.95. The molecule has 2 amide bonds. The Kier molecular flexibility index (Phi) is 4.34. The number of nitrogens with one attached hydrogen (secondary N) is 1. The molecule has 0 aliphatic heterocycles. The molecule has 0 radical (unpaired) electrons. The number of carbonyl (C=O) groups is 2. The van der Waals surface area contributed by atoms with Crippen LogP contribution in [-0.4, -0.2) is 42.0 Å². The predicted molar refractivity (Wildman–Crippen MR) is 51.6 cm³/mol. The summed E-state index contributed by atoms with van der Waals surface area (Å²) in [5.74, 6) is -2.66. The van der Waals surface area contributed by atoms with Gasteiger partial charge in [0.25, 0.3) is 0 Å². The van der Waals surface area contributed by atoms with Crippen molar-refractivity contribution in [3.63, 3.8) is 0 Å². The Morgan fingerprint density at radius 3 is 1.94 bits per heavy atom. The minimum absolute atomic E-state index is 0.334. The molecule has 0 bridgehead atoms. The van der Waals surface area contributed by atoms with Gasteiger partial charge in [-0.1, -0.05) is 0 Å². The smallest absolute Gasteiger partial charge is 0.350 e. The second-order valence-corrected chi connectivity index (χ2v) is 4.46. The fourth-order valence-electron chi connectivity index (χ4n) is 0.961. The molecule has 0 spiro atoms. The van der Waals surface area contributed by atoms with Crippen LogP contribution in [0.5, 0.6) is 0 Å². The Balaban J connectivity index is 4.32. The van der Waals surface area contributed by atoms with E-state index in [1.54, 1.807) is 20.8 Å². The molecular weight excluding hydrogens is 225 g/mol. The van der Waals surface area contributed by atoms with Crippen LogP contribution in [0.3, 0.4) is 0 Å². The largest absolute Gasteiger partial charge is 0.471 e. The average Bonchev–Trinajstić information content (AvgIpc) is 1.96. The first kappa shape index (κ1) is 14.7. The fourth-order valence-corrected chi connectivity index (χ4v) is 0.961. The van der Waals surface area contributed by atoms with Crippen LogP contribution in [0, 0.1) is 0 Å². The van der Waals surface area contributed by atoms with E-state index in [1.807, 2.05) is 0 Å². The number of carbonyl (C=O) groups excluding carboxylic acids is 2. The fraction of sp³-hybridized carbons (Fsp3) is 0.778. The van der Waals surface area contributed by atoms with Crippen molar-refractivity contribution in [1.82, 2.24) is 10.2 Å². The van der Waals surface area contributed by atoms with E-state index in [0.29, 0.717) is 4.90 Å². The summed E-state index contributed by atoms with van der Waals surface area (Å²) in [5, 5.41) is 2.46. The zero-order valence-corrected chi connectivity index (χ0v) is 9.60. The van der Waals surface area contributed by atoms with Gasteiger partial charge >= 0.3 is 12.1 Å². The highest BCUT2D eigenvalue weighted by Crippen LogP contribution is 2.17. The van der Waals surface area contributed by atoms with Gasteiger partial charge in [-0.25, -0.2) is 0 Å². The van der Waals surface area contributed by atoms with E-state index in [4.69, 9.17) is 0 Å². The SMILES string of the molecule is CN(CC(=O)NC(C)(C)C)C(=O)C(F)(F)F. The number of alkyl halides is 3. The van der Waals surface area contributed by atoms with Crippen LogP contribution in [0.1, 0.15) is 20.8 Å². The second kappa shape index (κ2) is 4.71. The maximum absolute atomic E-state index is 12.0. The molecule has 0 fully saturated rings. The van der Waals surface area contributed by atoms with Gasteiger partial charge in [-0.15, -0.1) is 0 Å². The van der Waals surface area contributed by atoms with Crippen molar-refractivity contribution in [2.45, 2.75) is 32.5 Å². The first-order valence-electron chi connectivity index (χ1n) is 4.57. The maximum atomic E-state index is 12.0. The van der Waals surface area contributed by atoms with Gasteiger partial charge in [-0.3, -0.25) is 9.59 Å². The second-order valence-electron chi connectivity index (χ2n) is 4.46. The van der Waals surface area contributed by atoms with Gasteiger partial charge in [0.15, 0.2) is 0 Å². The maximum Gasteiger partial charge on any atom is 0.471 e. The molecule has 7 heteroatoms. The highest BCUT2D eigenvalue weighted by Gasteiger charge is 2.41. The molecule has 94 valence electrons. The molecule has 1 N–H and O–H groups in total. The van der Waals surface area contributed by atoms with Gasteiger partial charge in [0.05, 0.1) is 6.54 Å². The lowest BCUT2D eigenvalue weighted by molar-refractivity contribution is -0.184. The van der Waals surface area contributed by atoms with Crippen molar-refractivity contribution in [2.24, 2.45) is 0 Å². The average molecular weight is 240 g/mol. The molecule has 0 saturated heterocycles. The van der Waals surface area contributed by atoms with Crippen molar-refractivity contribution in [2.75, 3.05) is 13.6 Å². The third-order valence-corrected chi connectivity index (χ3v) is 1.48. The Labute approximate surface area is 91.8 Å². The third-order valence-electron chi connectivity index (χ3n) is 1.48. The topological polar surface area (TPSA) is 49.4 Å². The monoisotopic (exact) mass is 240 g/mol. The van der Waals surface area contributed by atoms with Crippen LogP contribution < -0.4 is 5.32 Å². The Hall–Kier alpha value is -1.27. The molecule has 0 saturated carbocycles. The van der Waals surface area contributed by atoms with E-state index in [1.165, 1.54) is 0 Å². The lowest BCUT2D eigenvalue weighted by Gasteiger charge is -2.23. The van der Waals surface area contributed by atoms with Gasteiger partial charge in [0, 0.05) is 12.6 Å². The summed E-state index contributed by atoms with van der Waals surface area (Å²) in [5.41, 5.74) is -0.542. The van der Waals surface area contributed by atoms with E-state index in [2.05, 4.69) is 5.32 Å². The van der Waals surface area contributed by atoms with Gasteiger partial charge in [0.1, 0.15) is 0 Å². The van der Waals surface area contributed by atoms with E-state index >= 15 is 0 Å². The number of hydrogen-bond donors (Lipinski definition) is 1. The number of amides is 2. The first-order chi connectivity index (χ1) is 6.93. The minimum Gasteiger partial charge on any atom is -0.350 e. The highest BCUT2D eigenvalue weighted by atomic mass is 19.4. The molecule has 0 aliphatic rings. The number of nitrogens with zero attached hydrogens (tertiary/aromatic N) is 1. The normalized spacial score (nSPS) is 12.2. The van der Waals surface area contributed by atoms with Crippen molar-refractivity contribution >= 4 is 11.8 Å². The molecular formula is C9H15F3N2O2. The van der Waals surface area contributed by atoms with Crippen molar-refractivity contribution < 1.29 is 22.8 Å². The summed E-state index contributed by atoms with van der Waals surface area (Å²) in [7, 11) is 0.929. The molecule has 4 nitrogen and oxygen atoms in total. The summed E-state index contributed by atoms with van der Waals surface area (Å²) in [4.78, 5) is 22.2. The lowest BCUT2D eigenvalue weighted by Crippen LogP contribution is -2.48. The van der Waals surface area contributed by atoms with Crippen LogP contribution in [0.15, 0.2) is 0 Å². The number of likely N-dealkylation sites (N-methyl/N-ethyl adjacent to an activating group) is 1. The summed E-state index contributed by atoms with van der Waals surface area (Å²) in [6, 6.07) is 0. The number of halogens is 3. The molecule has 0 aromatic rings. The molecule has 0 aromatic heterocycles. The Bertz CT molecular complexity index is 281. The summed E-state index contributed by atoms with van der Waals surface area (Å²) < 4.78 is 35.9. The van der Waals surface area contributed by atoms with Crippen LogP contribution in [0.2, 0.25) is 0 Å². The Morgan fingerprint density at radius 2 is 1.62 bits per heavy atom. The molecule has 0 aliphatic carbocycles. The van der Waals surface area contributed by atoms with Gasteiger partial charge in [0.2, 0.25) is 5.91 Å². The Morgan fingerprint density at radius 1 is 1.19 bits per heavy atom. The van der Waals surface area contributed by atoms with E-state index in [-0.39, 0.29) is 0 Å². The molecule has 0 rings (SSSR count). The van der Waals surface area contributed by atoms with E-state index < -0.39 is 30.1 Å². The molecule has 0 unspecified atom stereocenters. The van der Waals surface area contributed by atoms with Crippen molar-refractivity contribution in [3.05, 3.63) is 0 Å². The van der Waals surface area contributed by atoms with E-state index in [9.17, 15) is 22.8 Å². The highest BCUT2D eigenvalue weighted by molar-refractivity contribution is 5.87. The molecule has 0 aromatic carbocycles. The van der Waals surface area contributed by atoms with Gasteiger partial charge in [-0.2, -0.15) is 13.2 Å². The van der Waals surface area contributed by atoms with Crippen LogP contribution >= 0.6 is 0 Å². The molecule has 0 atom stereocenters. The summed E-state index contributed by atoms with van der Waals surface area (Å²) >= 11 is 0. The quantitative estimate of drug-likeness (QED) is 0.780. The molecule has 16 heavy (non-hydrogen) atoms. The van der Waals surface area contributed by atoms with Gasteiger partial charge < -0.3 is 10.2 Å². The third kappa shape index (κ3) is 5.57. The standard InChI is InChI=1S/C9H15F3N2O2/c1-8(2,3)13-6(15)5-14(4)7(16)9(10,11)12/h5H2,1-4H3,(H,13,15). The number of rotatable bonds is 2. The lowest BCUT2D eigenvalue weighted by atomic mass is 10.1. The zero-order chi connectivity index (χ0) is 13.1. The van der Waals surface area contributed by atoms with Crippen molar-refractivity contribution in [3.8, 4) is 0 Å². The van der Waals surface area contributed by atoms with E-state index in [0.717, 1.165) is 7.05 Å². The van der Waals surface area contributed by atoms with Crippen molar-refractivity contribution in [1.29, 1.82) is 0 Å². The van der Waals surface area contributed by atoms with Crippen LogP contribution in [-0.2, 0) is 9.59 Å². The predicted octanol–water partition coefficient (Wildman–Crippen LogP) is 0.922. The first-order valence-corrected chi connectivity index (χ1v) is 4.57. The molecule has 0 heterocycles. The van der Waals surface area contributed by atoms with Crippen LogP contribution in [0.4, 0.5) is 13.2 Å². The van der Waals surface area contributed by atoms with Gasteiger partial charge in [-0.05, 0) is 20.8 Å². The summed E-state index contributed by atoms with van der Waals surface area (Å²) in [6.45, 7) is 4.46. The zero-order valence-electron chi connectivity index (χ0n) is 9.60. The number of hydrogen-bond acceptors (Lipinski definition) is 2. The van der Waals surface area contributed by atoms with Crippen LogP contribution in [0.25, 0.3) is 0 Å². The minimum atomic E-state index is -4.95.